The molecule has 2 aromatic heterocycles. The molecule has 0 saturated carbocycles. The number of fused-ring (bicyclic) bond motifs is 2. The second kappa shape index (κ2) is 15.6. The van der Waals surface area contributed by atoms with E-state index in [0.29, 0.717) is 50.3 Å². The van der Waals surface area contributed by atoms with Crippen LogP contribution in [0, 0.1) is 11.6 Å². The number of rotatable bonds is 11. The van der Waals surface area contributed by atoms with E-state index >= 15 is 0 Å². The number of piperidine rings is 2. The van der Waals surface area contributed by atoms with Gasteiger partial charge in [0.25, 0.3) is 0 Å². The Hall–Kier alpha value is -3.78. The number of nitrogens with zero attached hydrogens (tertiary/aromatic N) is 6. The van der Waals surface area contributed by atoms with Gasteiger partial charge in [-0.3, -0.25) is 0 Å². The summed E-state index contributed by atoms with van der Waals surface area (Å²) in [6, 6.07) is 9.98. The van der Waals surface area contributed by atoms with E-state index in [9.17, 15) is 18.4 Å². The molecule has 2 aliphatic rings. The average molecular weight is 699 g/mol. The Morgan fingerprint density at radius 3 is 1.50 bits per heavy atom. The minimum absolute atomic E-state index is 0.00994. The largest absolute Gasteiger partial charge is 0.348 e. The van der Waals surface area contributed by atoms with E-state index in [-0.39, 0.29) is 35.8 Å². The van der Waals surface area contributed by atoms with E-state index in [2.05, 4.69) is 30.4 Å². The molecule has 4 amide bonds. The van der Waals surface area contributed by atoms with Gasteiger partial charge in [-0.2, -0.15) is 0 Å². The third-order valence-electron chi connectivity index (χ3n) is 9.53. The Kier molecular flexibility index (Phi) is 11.1. The topological polar surface area (TPSA) is 96.9 Å². The zero-order valence-electron chi connectivity index (χ0n) is 27.6. The molecule has 6 rings (SSSR count). The van der Waals surface area contributed by atoms with Crippen LogP contribution in [0.4, 0.5) is 28.6 Å². The molecule has 0 bridgehead atoms. The van der Waals surface area contributed by atoms with Crippen LogP contribution in [0.15, 0.2) is 36.4 Å². The molecular weight excluding hydrogens is 655 g/mol. The number of nitrogens with one attached hydrogen (secondary N) is 2. The van der Waals surface area contributed by atoms with Gasteiger partial charge in [-0.05, 0) is 62.8 Å². The van der Waals surface area contributed by atoms with E-state index in [4.69, 9.17) is 0 Å². The van der Waals surface area contributed by atoms with Crippen LogP contribution in [0.25, 0.3) is 20.4 Å². The van der Waals surface area contributed by atoms with Crippen LogP contribution in [-0.4, -0.2) is 97.3 Å². The Morgan fingerprint density at radius 2 is 1.10 bits per heavy atom. The molecular formula is C34H44F2N8O2S2. The molecule has 4 aromatic rings. The van der Waals surface area contributed by atoms with Crippen molar-refractivity contribution in [2.24, 2.45) is 0 Å². The minimum Gasteiger partial charge on any atom is -0.348 e. The zero-order chi connectivity index (χ0) is 33.6. The summed E-state index contributed by atoms with van der Waals surface area (Å²) in [5, 5.41) is 7.88. The Bertz CT molecular complexity index is 1580. The lowest BCUT2D eigenvalue weighted by molar-refractivity contribution is 0.180. The normalized spacial score (nSPS) is 16.1. The molecule has 4 heterocycles. The number of carbonyl (C=O) groups is 2. The van der Waals surface area contributed by atoms with Crippen molar-refractivity contribution in [3.63, 3.8) is 0 Å². The second-order valence-corrected chi connectivity index (χ2v) is 14.8. The number of carbonyl (C=O) groups excluding carboxylic acids is 2. The van der Waals surface area contributed by atoms with E-state index in [1.165, 1.54) is 24.3 Å². The predicted molar refractivity (Wildman–Crippen MR) is 190 cm³/mol. The maximum atomic E-state index is 13.6. The second-order valence-electron chi connectivity index (χ2n) is 12.8. The summed E-state index contributed by atoms with van der Waals surface area (Å²) in [5.41, 5.74) is 1.37. The number of thiazole rings is 2. The van der Waals surface area contributed by atoms with Crippen LogP contribution >= 0.6 is 22.7 Å². The molecule has 48 heavy (non-hydrogen) atoms. The first-order chi connectivity index (χ1) is 23.2. The third kappa shape index (κ3) is 8.25. The van der Waals surface area contributed by atoms with Crippen molar-refractivity contribution in [2.45, 2.75) is 63.5 Å². The van der Waals surface area contributed by atoms with Crippen LogP contribution in [-0.2, 0) is 0 Å². The van der Waals surface area contributed by atoms with Crippen molar-refractivity contribution in [1.82, 2.24) is 30.4 Å². The summed E-state index contributed by atoms with van der Waals surface area (Å²) < 4.78 is 29.1. The number of urea groups is 2. The molecule has 2 N–H and O–H groups in total. The highest BCUT2D eigenvalue weighted by molar-refractivity contribution is 7.22. The first-order valence-corrected chi connectivity index (χ1v) is 18.5. The summed E-state index contributed by atoms with van der Waals surface area (Å²) in [4.78, 5) is 42.8. The number of halogens is 2. The SMILES string of the molecule is CN(c1nc2cc(F)ccc2s1)C1CCN(C(=O)NCCCCCCNC(=O)N2CCC(N(C)c3nc4cc(F)ccc4s3)CC2)CC1. The molecule has 2 fully saturated rings. The van der Waals surface area contributed by atoms with Gasteiger partial charge < -0.3 is 30.2 Å². The number of aromatic nitrogens is 2. The molecule has 0 unspecified atom stereocenters. The van der Waals surface area contributed by atoms with Crippen LogP contribution in [0.3, 0.4) is 0 Å². The minimum atomic E-state index is -0.276. The Morgan fingerprint density at radius 1 is 0.708 bits per heavy atom. The quantitative estimate of drug-likeness (QED) is 0.170. The van der Waals surface area contributed by atoms with Crippen LogP contribution in [0.2, 0.25) is 0 Å². The van der Waals surface area contributed by atoms with Crippen molar-refractivity contribution < 1.29 is 18.4 Å². The maximum absolute atomic E-state index is 13.6. The number of anilines is 2. The maximum Gasteiger partial charge on any atom is 0.317 e. The third-order valence-corrected chi connectivity index (χ3v) is 11.8. The van der Waals surface area contributed by atoms with Crippen molar-refractivity contribution in [1.29, 1.82) is 0 Å². The standard InChI is InChI=1S/C34H44F2N8O2S2/c1-41(33-39-27-21-23(35)7-9-29(27)47-33)25-11-17-43(18-12-25)31(45)37-15-5-3-4-6-16-38-32(46)44-19-13-26(14-20-44)42(2)34-40-28-22-24(36)8-10-30(28)48-34/h7-10,21-22,25-26H,3-6,11-20H2,1-2H3,(H,37,45)(H,38,46). The molecule has 258 valence electrons. The van der Waals surface area contributed by atoms with Gasteiger partial charge in [-0.1, -0.05) is 35.5 Å². The number of amides is 4. The Labute approximate surface area is 288 Å². The highest BCUT2D eigenvalue weighted by Crippen LogP contribution is 2.33. The highest BCUT2D eigenvalue weighted by Gasteiger charge is 2.28. The van der Waals surface area contributed by atoms with Crippen molar-refractivity contribution in [3.8, 4) is 0 Å². The fourth-order valence-corrected chi connectivity index (χ4v) is 8.48. The average Bonchev–Trinajstić information content (AvgIpc) is 3.72. The van der Waals surface area contributed by atoms with Crippen molar-refractivity contribution in [2.75, 3.05) is 63.2 Å². The molecule has 0 aliphatic carbocycles. The van der Waals surface area contributed by atoms with Crippen molar-refractivity contribution in [3.05, 3.63) is 48.0 Å². The van der Waals surface area contributed by atoms with E-state index in [1.807, 2.05) is 23.9 Å². The smallest absolute Gasteiger partial charge is 0.317 e. The summed E-state index contributed by atoms with van der Waals surface area (Å²) >= 11 is 3.13. The van der Waals surface area contributed by atoms with E-state index in [0.717, 1.165) is 71.0 Å². The lowest BCUT2D eigenvalue weighted by Crippen LogP contribution is -2.49. The number of hydrogen-bond donors (Lipinski definition) is 2. The van der Waals surface area contributed by atoms with Gasteiger partial charge in [0, 0.05) is 77.6 Å². The first kappa shape index (κ1) is 34.1. The van der Waals surface area contributed by atoms with Gasteiger partial charge in [0.1, 0.15) is 11.6 Å². The number of hydrogen-bond acceptors (Lipinski definition) is 8. The summed E-state index contributed by atoms with van der Waals surface area (Å²) in [6.07, 6.45) is 7.25. The predicted octanol–water partition coefficient (Wildman–Crippen LogP) is 6.67. The molecule has 14 heteroatoms. The number of likely N-dealkylation sites (tertiary alicyclic amines) is 2. The lowest BCUT2D eigenvalue weighted by Gasteiger charge is -2.36. The lowest BCUT2D eigenvalue weighted by atomic mass is 10.0. The van der Waals surface area contributed by atoms with E-state index in [1.54, 1.807) is 34.8 Å². The van der Waals surface area contributed by atoms with Crippen LogP contribution < -0.4 is 20.4 Å². The number of unbranched alkanes of at least 4 members (excludes halogenated alkanes) is 3. The van der Waals surface area contributed by atoms with Gasteiger partial charge in [0.2, 0.25) is 0 Å². The van der Waals surface area contributed by atoms with Gasteiger partial charge in [0.05, 0.1) is 20.4 Å². The van der Waals surface area contributed by atoms with Gasteiger partial charge >= 0.3 is 12.1 Å². The molecule has 0 radical (unpaired) electrons. The summed E-state index contributed by atoms with van der Waals surface area (Å²) in [5.74, 6) is -0.552. The van der Waals surface area contributed by atoms with Crippen LogP contribution in [0.1, 0.15) is 51.4 Å². The molecule has 2 aliphatic heterocycles. The molecule has 10 nitrogen and oxygen atoms in total. The van der Waals surface area contributed by atoms with Gasteiger partial charge in [-0.25, -0.2) is 28.3 Å². The molecule has 0 atom stereocenters. The Balaban J connectivity index is 0.799. The fraction of sp³-hybridized carbons (Fsp3) is 0.529. The summed E-state index contributed by atoms with van der Waals surface area (Å²) in [7, 11) is 4.06. The number of benzene rings is 2. The van der Waals surface area contributed by atoms with E-state index < -0.39 is 0 Å². The molecule has 0 spiro atoms. The molecule has 2 saturated heterocycles. The highest BCUT2D eigenvalue weighted by atomic mass is 32.1. The fourth-order valence-electron chi connectivity index (χ4n) is 6.52. The zero-order valence-corrected chi connectivity index (χ0v) is 29.2. The van der Waals surface area contributed by atoms with Gasteiger partial charge in [0.15, 0.2) is 10.3 Å². The van der Waals surface area contributed by atoms with Crippen LogP contribution in [0.5, 0.6) is 0 Å². The summed E-state index contributed by atoms with van der Waals surface area (Å²) in [6.45, 7) is 4.06. The monoisotopic (exact) mass is 698 g/mol. The molecule has 2 aromatic carbocycles. The first-order valence-electron chi connectivity index (χ1n) is 16.9. The van der Waals surface area contributed by atoms with Crippen molar-refractivity contribution >= 4 is 65.4 Å². The van der Waals surface area contributed by atoms with Gasteiger partial charge in [-0.15, -0.1) is 0 Å².